The van der Waals surface area contributed by atoms with E-state index in [0.29, 0.717) is 48.0 Å². The third-order valence-electron chi connectivity index (χ3n) is 5.74. The van der Waals surface area contributed by atoms with Gasteiger partial charge in [0.25, 0.3) is 0 Å². The number of hydrogen-bond acceptors (Lipinski definition) is 6. The van der Waals surface area contributed by atoms with Crippen LogP contribution in [0.1, 0.15) is 45.2 Å². The topological polar surface area (TPSA) is 70.0 Å². The SMILES string of the molecule is CCOc1ccc2c(Cc3cc(OC)c(OCC(C)(C)CC)c(OC)c3)cncc2c1O.Cl. The summed E-state index contributed by atoms with van der Waals surface area (Å²) >= 11 is 0. The summed E-state index contributed by atoms with van der Waals surface area (Å²) in [6.07, 6.45) is 5.06. The van der Waals surface area contributed by atoms with Crippen molar-refractivity contribution in [1.29, 1.82) is 0 Å². The molecule has 33 heavy (non-hydrogen) atoms. The van der Waals surface area contributed by atoms with E-state index < -0.39 is 0 Å². The van der Waals surface area contributed by atoms with Crippen molar-refractivity contribution in [2.24, 2.45) is 5.41 Å². The summed E-state index contributed by atoms with van der Waals surface area (Å²) in [5.74, 6) is 2.42. The standard InChI is InChI=1S/C26H33NO5.ClH/c1-7-26(3,4)16-32-25-22(29-5)12-17(13-23(25)30-6)11-18-14-27-15-20-19(18)9-10-21(24(20)28)31-8-2;/h9-10,12-15,28H,7-8,11,16H2,1-6H3;1H. The second-order valence-corrected chi connectivity index (χ2v) is 8.55. The molecule has 1 aromatic heterocycles. The highest BCUT2D eigenvalue weighted by atomic mass is 35.5. The molecule has 3 rings (SSSR count). The lowest BCUT2D eigenvalue weighted by Gasteiger charge is -2.24. The van der Waals surface area contributed by atoms with Gasteiger partial charge in [-0.2, -0.15) is 0 Å². The zero-order chi connectivity index (χ0) is 23.3. The number of rotatable bonds is 10. The van der Waals surface area contributed by atoms with Gasteiger partial charge >= 0.3 is 0 Å². The van der Waals surface area contributed by atoms with E-state index in [1.807, 2.05) is 31.3 Å². The van der Waals surface area contributed by atoms with Gasteiger partial charge in [-0.15, -0.1) is 12.4 Å². The predicted octanol–water partition coefficient (Wildman–Crippen LogP) is 6.18. The number of nitrogens with zero attached hydrogens (tertiary/aromatic N) is 1. The normalized spacial score (nSPS) is 11.1. The molecule has 0 amide bonds. The molecule has 0 spiro atoms. The van der Waals surface area contributed by atoms with Gasteiger partial charge in [-0.1, -0.05) is 26.8 Å². The molecule has 0 atom stereocenters. The predicted molar refractivity (Wildman–Crippen MR) is 134 cm³/mol. The number of fused-ring (bicyclic) bond motifs is 1. The van der Waals surface area contributed by atoms with Gasteiger partial charge in [0.15, 0.2) is 23.0 Å². The van der Waals surface area contributed by atoms with E-state index >= 15 is 0 Å². The van der Waals surface area contributed by atoms with Gasteiger partial charge in [0.2, 0.25) is 5.75 Å². The van der Waals surface area contributed by atoms with Crippen LogP contribution in [0, 0.1) is 5.41 Å². The molecule has 1 heterocycles. The molecule has 1 N–H and O–H groups in total. The number of aromatic hydroxyl groups is 1. The molecule has 6 nitrogen and oxygen atoms in total. The Balaban J connectivity index is 0.00000385. The second kappa shape index (κ2) is 11.3. The summed E-state index contributed by atoms with van der Waals surface area (Å²) in [4.78, 5) is 4.34. The van der Waals surface area contributed by atoms with E-state index in [1.54, 1.807) is 26.5 Å². The van der Waals surface area contributed by atoms with E-state index in [2.05, 4.69) is 25.8 Å². The van der Waals surface area contributed by atoms with Gasteiger partial charge in [0.05, 0.1) is 27.4 Å². The fourth-order valence-electron chi connectivity index (χ4n) is 3.45. The molecule has 0 fully saturated rings. The quantitative estimate of drug-likeness (QED) is 0.377. The summed E-state index contributed by atoms with van der Waals surface area (Å²) in [6.45, 7) is 9.41. The lowest BCUT2D eigenvalue weighted by Crippen LogP contribution is -2.20. The number of halogens is 1. The lowest BCUT2D eigenvalue weighted by atomic mass is 9.92. The maximum atomic E-state index is 10.6. The first-order valence-corrected chi connectivity index (χ1v) is 10.9. The number of phenolic OH excluding ortho intramolecular Hbond substituents is 1. The van der Waals surface area contributed by atoms with Crippen LogP contribution in [0.5, 0.6) is 28.7 Å². The first kappa shape index (κ1) is 26.4. The number of hydrogen-bond donors (Lipinski definition) is 1. The van der Waals surface area contributed by atoms with Crippen molar-refractivity contribution in [3.05, 3.63) is 47.8 Å². The number of methoxy groups -OCH3 is 2. The summed E-state index contributed by atoms with van der Waals surface area (Å²) in [5, 5.41) is 12.2. The Hall–Kier alpha value is -2.86. The molecule has 0 unspecified atom stereocenters. The van der Waals surface area contributed by atoms with Crippen LogP contribution in [0.15, 0.2) is 36.7 Å². The van der Waals surface area contributed by atoms with Crippen molar-refractivity contribution in [2.75, 3.05) is 27.4 Å². The van der Waals surface area contributed by atoms with Crippen LogP contribution >= 0.6 is 12.4 Å². The van der Waals surface area contributed by atoms with Crippen LogP contribution in [-0.4, -0.2) is 37.5 Å². The minimum Gasteiger partial charge on any atom is -0.504 e. The van der Waals surface area contributed by atoms with Gasteiger partial charge < -0.3 is 24.1 Å². The summed E-state index contributed by atoms with van der Waals surface area (Å²) in [7, 11) is 3.26. The molecule has 0 saturated heterocycles. The molecule has 0 aliphatic carbocycles. The van der Waals surface area contributed by atoms with E-state index in [4.69, 9.17) is 18.9 Å². The van der Waals surface area contributed by atoms with Gasteiger partial charge in [-0.25, -0.2) is 0 Å². The van der Waals surface area contributed by atoms with Crippen molar-refractivity contribution >= 4 is 23.2 Å². The Morgan fingerprint density at radius 3 is 2.15 bits per heavy atom. The molecule has 3 aromatic rings. The van der Waals surface area contributed by atoms with E-state index in [0.717, 1.165) is 22.9 Å². The average molecular weight is 476 g/mol. The Morgan fingerprint density at radius 1 is 0.909 bits per heavy atom. The zero-order valence-electron chi connectivity index (χ0n) is 20.2. The monoisotopic (exact) mass is 475 g/mol. The first-order chi connectivity index (χ1) is 15.3. The minimum atomic E-state index is 0. The molecule has 2 aromatic carbocycles. The van der Waals surface area contributed by atoms with Crippen LogP contribution in [0.2, 0.25) is 0 Å². The van der Waals surface area contributed by atoms with E-state index in [-0.39, 0.29) is 23.6 Å². The van der Waals surface area contributed by atoms with Crippen LogP contribution in [0.25, 0.3) is 10.8 Å². The van der Waals surface area contributed by atoms with Gasteiger partial charge in [-0.3, -0.25) is 4.98 Å². The van der Waals surface area contributed by atoms with Crippen molar-refractivity contribution < 1.29 is 24.1 Å². The first-order valence-electron chi connectivity index (χ1n) is 10.9. The third-order valence-corrected chi connectivity index (χ3v) is 5.74. The number of ether oxygens (including phenoxy) is 4. The van der Waals surface area contributed by atoms with Crippen LogP contribution in [-0.2, 0) is 6.42 Å². The van der Waals surface area contributed by atoms with Crippen LogP contribution in [0.3, 0.4) is 0 Å². The van der Waals surface area contributed by atoms with Crippen LogP contribution in [0.4, 0.5) is 0 Å². The fraction of sp³-hybridized carbons (Fsp3) is 0.423. The summed E-state index contributed by atoms with van der Waals surface area (Å²) in [5.41, 5.74) is 2.01. The highest BCUT2D eigenvalue weighted by molar-refractivity contribution is 5.92. The largest absolute Gasteiger partial charge is 0.504 e. The fourth-order valence-corrected chi connectivity index (χ4v) is 3.45. The minimum absolute atomic E-state index is 0. The highest BCUT2D eigenvalue weighted by Gasteiger charge is 2.21. The Labute approximate surface area is 202 Å². The van der Waals surface area contributed by atoms with Gasteiger partial charge in [-0.05, 0) is 59.9 Å². The number of pyridine rings is 1. The lowest BCUT2D eigenvalue weighted by molar-refractivity contribution is 0.165. The van der Waals surface area contributed by atoms with E-state index in [9.17, 15) is 5.11 Å². The van der Waals surface area contributed by atoms with E-state index in [1.165, 1.54) is 0 Å². The van der Waals surface area contributed by atoms with Gasteiger partial charge in [0, 0.05) is 17.8 Å². The molecular weight excluding hydrogens is 442 g/mol. The maximum Gasteiger partial charge on any atom is 0.203 e. The number of aromatic nitrogens is 1. The molecule has 7 heteroatoms. The highest BCUT2D eigenvalue weighted by Crippen LogP contribution is 2.41. The molecular formula is C26H34ClNO5. The molecule has 0 radical (unpaired) electrons. The Kier molecular flexibility index (Phi) is 9.06. The molecule has 0 saturated carbocycles. The maximum absolute atomic E-state index is 10.6. The third kappa shape index (κ3) is 5.93. The summed E-state index contributed by atoms with van der Waals surface area (Å²) < 4.78 is 22.9. The average Bonchev–Trinajstić information content (AvgIpc) is 2.79. The van der Waals surface area contributed by atoms with Gasteiger partial charge in [0.1, 0.15) is 0 Å². The van der Waals surface area contributed by atoms with Crippen molar-refractivity contribution in [2.45, 2.75) is 40.5 Å². The number of phenols is 1. The van der Waals surface area contributed by atoms with Crippen LogP contribution < -0.4 is 18.9 Å². The molecule has 0 aliphatic rings. The Morgan fingerprint density at radius 2 is 1.58 bits per heavy atom. The molecule has 180 valence electrons. The molecule has 0 bridgehead atoms. The smallest absolute Gasteiger partial charge is 0.203 e. The van der Waals surface area contributed by atoms with Crippen molar-refractivity contribution in [1.82, 2.24) is 4.98 Å². The molecule has 0 aliphatic heterocycles. The summed E-state index contributed by atoms with van der Waals surface area (Å²) in [6, 6.07) is 7.67. The van der Waals surface area contributed by atoms with Crippen molar-refractivity contribution in [3.8, 4) is 28.7 Å². The Bertz CT molecular complexity index is 1060. The number of benzene rings is 2. The van der Waals surface area contributed by atoms with Crippen molar-refractivity contribution in [3.63, 3.8) is 0 Å². The zero-order valence-corrected chi connectivity index (χ0v) is 21.0. The second-order valence-electron chi connectivity index (χ2n) is 8.55.